The SMILES string of the molecule is O=C(O)[C@@H]1CN(C(=O)c2cnn3ccccc23)C[C@H]1C(F)(F)F. The lowest BCUT2D eigenvalue weighted by molar-refractivity contribution is -0.187. The highest BCUT2D eigenvalue weighted by Crippen LogP contribution is 2.38. The average Bonchev–Trinajstić information content (AvgIpc) is 3.10. The molecule has 3 rings (SSSR count). The number of likely N-dealkylation sites (tertiary alicyclic amines) is 1. The van der Waals surface area contributed by atoms with Crippen LogP contribution in [0.15, 0.2) is 30.6 Å². The Morgan fingerprint density at radius 2 is 2.00 bits per heavy atom. The number of carbonyl (C=O) groups is 2. The Morgan fingerprint density at radius 1 is 1.26 bits per heavy atom. The van der Waals surface area contributed by atoms with Crippen molar-refractivity contribution in [1.82, 2.24) is 14.5 Å². The summed E-state index contributed by atoms with van der Waals surface area (Å²) in [5.74, 6) is -5.92. The first-order valence-corrected chi connectivity index (χ1v) is 6.80. The standard InChI is InChI=1S/C14H12F3N3O3/c15-14(16,17)10-7-19(6-9(10)13(22)23)12(21)8-5-18-20-4-2-1-3-11(8)20/h1-5,9-10H,6-7H2,(H,22,23)/t9-,10-/m1/s1. The summed E-state index contributed by atoms with van der Waals surface area (Å²) in [4.78, 5) is 24.5. The summed E-state index contributed by atoms with van der Waals surface area (Å²) in [6, 6.07) is 4.99. The summed E-state index contributed by atoms with van der Waals surface area (Å²) in [6.45, 7) is -1.13. The van der Waals surface area contributed by atoms with E-state index >= 15 is 0 Å². The molecule has 2 aromatic heterocycles. The molecule has 0 bridgehead atoms. The number of rotatable bonds is 2. The van der Waals surface area contributed by atoms with Crippen LogP contribution in [0.25, 0.3) is 5.52 Å². The van der Waals surface area contributed by atoms with E-state index in [9.17, 15) is 22.8 Å². The van der Waals surface area contributed by atoms with Crippen molar-refractivity contribution < 1.29 is 27.9 Å². The number of carbonyl (C=O) groups excluding carboxylic acids is 1. The second-order valence-corrected chi connectivity index (χ2v) is 5.39. The third-order valence-corrected chi connectivity index (χ3v) is 4.00. The number of halogens is 3. The molecule has 6 nitrogen and oxygen atoms in total. The zero-order valence-corrected chi connectivity index (χ0v) is 11.7. The van der Waals surface area contributed by atoms with Crippen molar-refractivity contribution in [2.45, 2.75) is 6.18 Å². The lowest BCUT2D eigenvalue weighted by atomic mass is 9.96. The van der Waals surface area contributed by atoms with Crippen LogP contribution in [0.3, 0.4) is 0 Å². The number of nitrogens with zero attached hydrogens (tertiary/aromatic N) is 3. The number of carboxylic acid groups (broad SMARTS) is 1. The number of aromatic nitrogens is 2. The monoisotopic (exact) mass is 327 g/mol. The fraction of sp³-hybridized carbons (Fsp3) is 0.357. The zero-order valence-electron chi connectivity index (χ0n) is 11.7. The number of carboxylic acids is 1. The molecule has 2 aromatic rings. The van der Waals surface area contributed by atoms with E-state index in [0.29, 0.717) is 5.52 Å². The Morgan fingerprint density at radius 3 is 2.61 bits per heavy atom. The van der Waals surface area contributed by atoms with Crippen LogP contribution in [-0.2, 0) is 4.79 Å². The van der Waals surface area contributed by atoms with Crippen molar-refractivity contribution in [2.24, 2.45) is 11.8 Å². The van der Waals surface area contributed by atoms with Crippen LogP contribution in [0.1, 0.15) is 10.4 Å². The number of aliphatic carboxylic acids is 1. The average molecular weight is 327 g/mol. The van der Waals surface area contributed by atoms with Crippen LogP contribution in [0.2, 0.25) is 0 Å². The van der Waals surface area contributed by atoms with E-state index in [1.54, 1.807) is 24.4 Å². The Kier molecular flexibility index (Phi) is 3.50. The van der Waals surface area contributed by atoms with Gasteiger partial charge in [0.25, 0.3) is 5.91 Å². The van der Waals surface area contributed by atoms with Gasteiger partial charge in [0.1, 0.15) is 0 Å². The zero-order chi connectivity index (χ0) is 16.8. The molecule has 3 heterocycles. The fourth-order valence-electron chi connectivity index (χ4n) is 2.82. The largest absolute Gasteiger partial charge is 0.481 e. The second-order valence-electron chi connectivity index (χ2n) is 5.39. The molecule has 1 fully saturated rings. The predicted octanol–water partition coefficient (Wildman–Crippen LogP) is 1.67. The molecule has 23 heavy (non-hydrogen) atoms. The summed E-state index contributed by atoms with van der Waals surface area (Å²) in [5, 5.41) is 13.0. The molecule has 2 atom stereocenters. The van der Waals surface area contributed by atoms with Gasteiger partial charge in [-0.15, -0.1) is 0 Å². The van der Waals surface area contributed by atoms with Crippen molar-refractivity contribution in [2.75, 3.05) is 13.1 Å². The minimum Gasteiger partial charge on any atom is -0.481 e. The van der Waals surface area contributed by atoms with Gasteiger partial charge in [0.15, 0.2) is 0 Å². The van der Waals surface area contributed by atoms with Crippen LogP contribution >= 0.6 is 0 Å². The van der Waals surface area contributed by atoms with Gasteiger partial charge in [-0.2, -0.15) is 18.3 Å². The maximum absolute atomic E-state index is 13.0. The number of amides is 1. The van der Waals surface area contributed by atoms with Crippen LogP contribution in [-0.4, -0.2) is 50.8 Å². The summed E-state index contributed by atoms with van der Waals surface area (Å²) in [6.07, 6.45) is -1.79. The molecule has 0 spiro atoms. The Labute approximate surface area is 128 Å². The first kappa shape index (κ1) is 15.3. The van der Waals surface area contributed by atoms with Crippen LogP contribution < -0.4 is 0 Å². The first-order valence-electron chi connectivity index (χ1n) is 6.80. The molecule has 1 aliphatic rings. The van der Waals surface area contributed by atoms with Crippen molar-refractivity contribution in [3.8, 4) is 0 Å². The molecule has 1 saturated heterocycles. The van der Waals surface area contributed by atoms with E-state index in [1.807, 2.05) is 0 Å². The highest BCUT2D eigenvalue weighted by atomic mass is 19.4. The van der Waals surface area contributed by atoms with E-state index < -0.39 is 43.0 Å². The van der Waals surface area contributed by atoms with Crippen LogP contribution in [0.5, 0.6) is 0 Å². The third-order valence-electron chi connectivity index (χ3n) is 4.00. The van der Waals surface area contributed by atoms with Gasteiger partial charge >= 0.3 is 12.1 Å². The van der Waals surface area contributed by atoms with Gasteiger partial charge in [-0.25, -0.2) is 4.52 Å². The van der Waals surface area contributed by atoms with Gasteiger partial charge in [0, 0.05) is 19.3 Å². The molecule has 0 unspecified atom stereocenters. The van der Waals surface area contributed by atoms with Gasteiger partial charge in [-0.1, -0.05) is 6.07 Å². The van der Waals surface area contributed by atoms with E-state index in [0.717, 1.165) is 4.90 Å². The first-order chi connectivity index (χ1) is 10.8. The van der Waals surface area contributed by atoms with E-state index in [-0.39, 0.29) is 5.56 Å². The smallest absolute Gasteiger partial charge is 0.394 e. The Bertz CT molecular complexity index is 771. The Balaban J connectivity index is 1.90. The van der Waals surface area contributed by atoms with Gasteiger partial charge in [0.05, 0.1) is 29.1 Å². The topological polar surface area (TPSA) is 74.9 Å². The van der Waals surface area contributed by atoms with E-state index in [1.165, 1.54) is 10.7 Å². The number of fused-ring (bicyclic) bond motifs is 1. The van der Waals surface area contributed by atoms with Crippen molar-refractivity contribution in [3.63, 3.8) is 0 Å². The van der Waals surface area contributed by atoms with Gasteiger partial charge < -0.3 is 10.0 Å². The maximum Gasteiger partial charge on any atom is 0.394 e. The van der Waals surface area contributed by atoms with Gasteiger partial charge in [0.2, 0.25) is 0 Å². The second kappa shape index (κ2) is 5.25. The number of alkyl halides is 3. The molecule has 0 radical (unpaired) electrons. The highest BCUT2D eigenvalue weighted by Gasteiger charge is 2.53. The number of pyridine rings is 1. The molecule has 122 valence electrons. The molecule has 1 aliphatic heterocycles. The van der Waals surface area contributed by atoms with Gasteiger partial charge in [-0.3, -0.25) is 9.59 Å². The van der Waals surface area contributed by atoms with Crippen molar-refractivity contribution in [3.05, 3.63) is 36.2 Å². The summed E-state index contributed by atoms with van der Waals surface area (Å²) in [5.41, 5.74) is 0.609. The Hall–Kier alpha value is -2.58. The minimum absolute atomic E-state index is 0.151. The molecule has 9 heteroatoms. The minimum atomic E-state index is -4.67. The molecule has 0 aromatic carbocycles. The quantitative estimate of drug-likeness (QED) is 0.910. The predicted molar refractivity (Wildman–Crippen MR) is 71.8 cm³/mol. The van der Waals surface area contributed by atoms with E-state index in [4.69, 9.17) is 5.11 Å². The molecule has 1 N–H and O–H groups in total. The molecule has 0 saturated carbocycles. The summed E-state index contributed by atoms with van der Waals surface area (Å²) < 4.78 is 40.4. The third kappa shape index (κ3) is 2.62. The summed E-state index contributed by atoms with van der Waals surface area (Å²) >= 11 is 0. The molecule has 1 amide bonds. The molecular formula is C14H12F3N3O3. The van der Waals surface area contributed by atoms with E-state index in [2.05, 4.69) is 5.10 Å². The number of hydrogen-bond donors (Lipinski definition) is 1. The van der Waals surface area contributed by atoms with Crippen LogP contribution in [0, 0.1) is 11.8 Å². The fourth-order valence-corrected chi connectivity index (χ4v) is 2.82. The molecule has 0 aliphatic carbocycles. The van der Waals surface area contributed by atoms with Gasteiger partial charge in [-0.05, 0) is 12.1 Å². The normalized spacial score (nSPS) is 21.8. The van der Waals surface area contributed by atoms with Crippen LogP contribution in [0.4, 0.5) is 13.2 Å². The summed E-state index contributed by atoms with van der Waals surface area (Å²) in [7, 11) is 0. The van der Waals surface area contributed by atoms with Crippen molar-refractivity contribution in [1.29, 1.82) is 0 Å². The maximum atomic E-state index is 13.0. The lowest BCUT2D eigenvalue weighted by Gasteiger charge is -2.18. The lowest BCUT2D eigenvalue weighted by Crippen LogP contribution is -2.34. The van der Waals surface area contributed by atoms with Crippen molar-refractivity contribution >= 4 is 17.4 Å². The molecular weight excluding hydrogens is 315 g/mol. The highest BCUT2D eigenvalue weighted by molar-refractivity contribution is 6.01. The number of hydrogen-bond acceptors (Lipinski definition) is 3.